The zero-order chi connectivity index (χ0) is 14.9. The summed E-state index contributed by atoms with van der Waals surface area (Å²) in [5, 5.41) is 4.40. The van der Waals surface area contributed by atoms with Crippen molar-refractivity contribution in [2.45, 2.75) is 32.9 Å². The molecule has 2 rings (SSSR count). The fourth-order valence-corrected chi connectivity index (χ4v) is 2.48. The van der Waals surface area contributed by atoms with Crippen molar-refractivity contribution < 1.29 is 0 Å². The zero-order valence-electron chi connectivity index (χ0n) is 12.9. The average molecular weight is 286 g/mol. The van der Waals surface area contributed by atoms with E-state index in [1.165, 1.54) is 11.1 Å². The molecule has 0 atom stereocenters. The van der Waals surface area contributed by atoms with Gasteiger partial charge in [0.15, 0.2) is 0 Å². The SMILES string of the molecule is CCCn1cc(CN(CCN)CCc2ccccc2)cn1. The van der Waals surface area contributed by atoms with E-state index in [1.54, 1.807) is 0 Å². The summed E-state index contributed by atoms with van der Waals surface area (Å²) >= 11 is 0. The summed E-state index contributed by atoms with van der Waals surface area (Å²) in [6.45, 7) is 6.72. The molecule has 21 heavy (non-hydrogen) atoms. The summed E-state index contributed by atoms with van der Waals surface area (Å²) in [5.41, 5.74) is 8.39. The number of benzene rings is 1. The number of hydrogen-bond donors (Lipinski definition) is 1. The Morgan fingerprint density at radius 1 is 1.14 bits per heavy atom. The molecule has 4 heteroatoms. The molecule has 1 aromatic heterocycles. The predicted octanol–water partition coefficient (Wildman–Crippen LogP) is 2.30. The highest BCUT2D eigenvalue weighted by Gasteiger charge is 2.07. The van der Waals surface area contributed by atoms with Crippen LogP contribution < -0.4 is 5.73 Å². The van der Waals surface area contributed by atoms with E-state index >= 15 is 0 Å². The highest BCUT2D eigenvalue weighted by Crippen LogP contribution is 2.07. The normalized spacial score (nSPS) is 11.2. The fraction of sp³-hybridized carbons (Fsp3) is 0.471. The molecule has 0 saturated carbocycles. The summed E-state index contributed by atoms with van der Waals surface area (Å²) in [6, 6.07) is 10.6. The van der Waals surface area contributed by atoms with Crippen LogP contribution >= 0.6 is 0 Å². The maximum atomic E-state index is 5.74. The van der Waals surface area contributed by atoms with E-state index in [0.717, 1.165) is 39.0 Å². The van der Waals surface area contributed by atoms with Crippen LogP contribution in [0.2, 0.25) is 0 Å². The summed E-state index contributed by atoms with van der Waals surface area (Å²) in [5.74, 6) is 0. The third kappa shape index (κ3) is 5.33. The first kappa shape index (κ1) is 15.7. The molecule has 0 aliphatic rings. The van der Waals surface area contributed by atoms with Gasteiger partial charge in [0.05, 0.1) is 6.20 Å². The number of aromatic nitrogens is 2. The lowest BCUT2D eigenvalue weighted by Gasteiger charge is -2.20. The van der Waals surface area contributed by atoms with Gasteiger partial charge in [-0.05, 0) is 18.4 Å². The number of nitrogens with two attached hydrogens (primary N) is 1. The second-order valence-corrected chi connectivity index (χ2v) is 5.41. The molecule has 0 saturated heterocycles. The first-order chi connectivity index (χ1) is 10.3. The van der Waals surface area contributed by atoms with Gasteiger partial charge in [0.25, 0.3) is 0 Å². The number of hydrogen-bond acceptors (Lipinski definition) is 3. The molecule has 0 bridgehead atoms. The minimum atomic E-state index is 0.692. The molecule has 0 spiro atoms. The molecule has 2 aromatic rings. The van der Waals surface area contributed by atoms with Crippen LogP contribution in [0.5, 0.6) is 0 Å². The van der Waals surface area contributed by atoms with Gasteiger partial charge in [-0.2, -0.15) is 5.10 Å². The largest absolute Gasteiger partial charge is 0.329 e. The molecule has 2 N–H and O–H groups in total. The van der Waals surface area contributed by atoms with Gasteiger partial charge in [-0.25, -0.2) is 0 Å². The first-order valence-corrected chi connectivity index (χ1v) is 7.79. The lowest BCUT2D eigenvalue weighted by atomic mass is 10.1. The van der Waals surface area contributed by atoms with Crippen molar-refractivity contribution >= 4 is 0 Å². The lowest BCUT2D eigenvalue weighted by molar-refractivity contribution is 0.276. The van der Waals surface area contributed by atoms with E-state index in [0.29, 0.717) is 6.54 Å². The van der Waals surface area contributed by atoms with Gasteiger partial charge in [-0.1, -0.05) is 37.3 Å². The Balaban J connectivity index is 1.88. The summed E-state index contributed by atoms with van der Waals surface area (Å²) in [7, 11) is 0. The minimum absolute atomic E-state index is 0.692. The van der Waals surface area contributed by atoms with Gasteiger partial charge < -0.3 is 5.73 Å². The second-order valence-electron chi connectivity index (χ2n) is 5.41. The Bertz CT molecular complexity index is 507. The van der Waals surface area contributed by atoms with Gasteiger partial charge >= 0.3 is 0 Å². The molecular formula is C17H26N4. The Labute approximate surface area is 127 Å². The highest BCUT2D eigenvalue weighted by molar-refractivity contribution is 5.15. The number of aryl methyl sites for hydroxylation is 1. The summed E-state index contributed by atoms with van der Waals surface area (Å²) in [4.78, 5) is 2.40. The molecule has 0 aliphatic heterocycles. The Hall–Kier alpha value is -1.65. The minimum Gasteiger partial charge on any atom is -0.329 e. The van der Waals surface area contributed by atoms with Gasteiger partial charge in [-0.15, -0.1) is 0 Å². The third-order valence-corrected chi connectivity index (χ3v) is 3.55. The van der Waals surface area contributed by atoms with E-state index in [-0.39, 0.29) is 0 Å². The highest BCUT2D eigenvalue weighted by atomic mass is 15.3. The van der Waals surface area contributed by atoms with E-state index in [4.69, 9.17) is 5.73 Å². The number of rotatable bonds is 9. The summed E-state index contributed by atoms with van der Waals surface area (Å²) in [6.07, 6.45) is 6.29. The average Bonchev–Trinajstić information content (AvgIpc) is 2.94. The zero-order valence-corrected chi connectivity index (χ0v) is 12.9. The van der Waals surface area contributed by atoms with Crippen LogP contribution in [-0.2, 0) is 19.5 Å². The van der Waals surface area contributed by atoms with Crippen molar-refractivity contribution in [3.63, 3.8) is 0 Å². The van der Waals surface area contributed by atoms with E-state index in [9.17, 15) is 0 Å². The van der Waals surface area contributed by atoms with Gasteiger partial charge in [0.2, 0.25) is 0 Å². The second kappa shape index (κ2) is 8.60. The Kier molecular flexibility index (Phi) is 6.44. The maximum Gasteiger partial charge on any atom is 0.0534 e. The topological polar surface area (TPSA) is 47.1 Å². The van der Waals surface area contributed by atoms with Crippen LogP contribution in [0.1, 0.15) is 24.5 Å². The fourth-order valence-electron chi connectivity index (χ4n) is 2.48. The molecule has 0 unspecified atom stereocenters. The molecule has 0 aliphatic carbocycles. The first-order valence-electron chi connectivity index (χ1n) is 7.79. The van der Waals surface area contributed by atoms with Crippen LogP contribution in [0.25, 0.3) is 0 Å². The summed E-state index contributed by atoms with van der Waals surface area (Å²) < 4.78 is 2.02. The predicted molar refractivity (Wildman–Crippen MR) is 87.0 cm³/mol. The van der Waals surface area contributed by atoms with Gasteiger partial charge in [0.1, 0.15) is 0 Å². The van der Waals surface area contributed by atoms with E-state index in [1.807, 2.05) is 10.9 Å². The standard InChI is InChI=1S/C17H26N4/c1-2-10-21-15-17(13-19-21)14-20(12-9-18)11-8-16-6-4-3-5-7-16/h3-7,13,15H,2,8-12,14,18H2,1H3. The Morgan fingerprint density at radius 2 is 1.95 bits per heavy atom. The van der Waals surface area contributed by atoms with Crippen molar-refractivity contribution in [2.75, 3.05) is 19.6 Å². The van der Waals surface area contributed by atoms with Gasteiger partial charge in [-0.3, -0.25) is 9.58 Å². The van der Waals surface area contributed by atoms with Crippen LogP contribution in [0.4, 0.5) is 0 Å². The molecule has 0 radical (unpaired) electrons. The Morgan fingerprint density at radius 3 is 2.67 bits per heavy atom. The van der Waals surface area contributed by atoms with Crippen molar-refractivity contribution in [1.29, 1.82) is 0 Å². The van der Waals surface area contributed by atoms with Crippen molar-refractivity contribution in [3.8, 4) is 0 Å². The van der Waals surface area contributed by atoms with Crippen molar-refractivity contribution in [2.24, 2.45) is 5.73 Å². The molecule has 1 aromatic carbocycles. The molecular weight excluding hydrogens is 260 g/mol. The van der Waals surface area contributed by atoms with E-state index in [2.05, 4.69) is 53.5 Å². The third-order valence-electron chi connectivity index (χ3n) is 3.55. The monoisotopic (exact) mass is 286 g/mol. The van der Waals surface area contributed by atoms with Crippen LogP contribution in [0.15, 0.2) is 42.7 Å². The maximum absolute atomic E-state index is 5.74. The van der Waals surface area contributed by atoms with Crippen LogP contribution in [-0.4, -0.2) is 34.3 Å². The molecule has 1 heterocycles. The quantitative estimate of drug-likeness (QED) is 0.769. The number of nitrogens with zero attached hydrogens (tertiary/aromatic N) is 3. The van der Waals surface area contributed by atoms with E-state index < -0.39 is 0 Å². The molecule has 114 valence electrons. The van der Waals surface area contributed by atoms with Crippen molar-refractivity contribution in [3.05, 3.63) is 53.9 Å². The smallest absolute Gasteiger partial charge is 0.0534 e. The van der Waals surface area contributed by atoms with Gasteiger partial charge in [0, 0.05) is 44.5 Å². The van der Waals surface area contributed by atoms with Crippen LogP contribution in [0.3, 0.4) is 0 Å². The van der Waals surface area contributed by atoms with Crippen molar-refractivity contribution in [1.82, 2.24) is 14.7 Å². The molecule has 0 fully saturated rings. The van der Waals surface area contributed by atoms with Crippen LogP contribution in [0, 0.1) is 0 Å². The lowest BCUT2D eigenvalue weighted by Crippen LogP contribution is -2.30. The molecule has 4 nitrogen and oxygen atoms in total. The molecule has 0 amide bonds.